The third-order valence-electron chi connectivity index (χ3n) is 2.29. The van der Waals surface area contributed by atoms with E-state index >= 15 is 0 Å². The molecule has 0 bridgehead atoms. The minimum absolute atomic E-state index is 0.0471. The van der Waals surface area contributed by atoms with E-state index in [1.54, 1.807) is 23.6 Å². The van der Waals surface area contributed by atoms with Crippen LogP contribution >= 0.6 is 43.2 Å². The molecule has 0 spiro atoms. The standard InChI is InChI=1S/C12H7Br2NO3S/c13-7-1-2-8(12(17)18)9(4-7)15-11(16)6-3-10(14)19-5-6/h1-5H,(H,15,16)(H,17,18). The van der Waals surface area contributed by atoms with Gasteiger partial charge in [-0.05, 0) is 40.2 Å². The zero-order valence-corrected chi connectivity index (χ0v) is 13.3. The summed E-state index contributed by atoms with van der Waals surface area (Å²) in [6.07, 6.45) is 0. The molecule has 0 aliphatic heterocycles. The molecule has 0 aliphatic carbocycles. The Bertz CT molecular complexity index is 654. The van der Waals surface area contributed by atoms with Crippen molar-refractivity contribution in [1.82, 2.24) is 0 Å². The Labute approximate surface area is 129 Å². The molecule has 4 nitrogen and oxygen atoms in total. The van der Waals surface area contributed by atoms with Gasteiger partial charge >= 0.3 is 5.97 Å². The van der Waals surface area contributed by atoms with E-state index < -0.39 is 5.97 Å². The Balaban J connectivity index is 2.30. The summed E-state index contributed by atoms with van der Waals surface area (Å²) in [5.41, 5.74) is 0.785. The SMILES string of the molecule is O=C(Nc1cc(Br)ccc1C(=O)O)c1csc(Br)c1. The van der Waals surface area contributed by atoms with Crippen molar-refractivity contribution in [2.75, 3.05) is 5.32 Å². The zero-order valence-electron chi connectivity index (χ0n) is 9.31. The van der Waals surface area contributed by atoms with Gasteiger partial charge < -0.3 is 10.4 Å². The molecular weight excluding hydrogens is 398 g/mol. The number of thiophene rings is 1. The van der Waals surface area contributed by atoms with E-state index in [0.29, 0.717) is 10.0 Å². The van der Waals surface area contributed by atoms with Crippen molar-refractivity contribution in [2.45, 2.75) is 0 Å². The number of carboxylic acid groups (broad SMARTS) is 1. The van der Waals surface area contributed by atoms with Crippen LogP contribution < -0.4 is 5.32 Å². The summed E-state index contributed by atoms with van der Waals surface area (Å²) in [7, 11) is 0. The maximum Gasteiger partial charge on any atom is 0.337 e. The fourth-order valence-corrected chi connectivity index (χ4v) is 2.93. The maximum atomic E-state index is 12.0. The molecule has 0 saturated carbocycles. The number of rotatable bonds is 3. The molecule has 2 rings (SSSR count). The number of nitrogens with one attached hydrogen (secondary N) is 1. The number of aromatic carboxylic acids is 1. The van der Waals surface area contributed by atoms with E-state index in [-0.39, 0.29) is 17.2 Å². The minimum atomic E-state index is -1.09. The highest BCUT2D eigenvalue weighted by Crippen LogP contribution is 2.24. The van der Waals surface area contributed by atoms with Crippen LogP contribution in [0.1, 0.15) is 20.7 Å². The second-order valence-electron chi connectivity index (χ2n) is 3.59. The topological polar surface area (TPSA) is 66.4 Å². The smallest absolute Gasteiger partial charge is 0.337 e. The maximum absolute atomic E-state index is 12.0. The van der Waals surface area contributed by atoms with Crippen LogP contribution in [0.3, 0.4) is 0 Å². The first-order valence-electron chi connectivity index (χ1n) is 5.05. The average Bonchev–Trinajstić information content (AvgIpc) is 2.75. The van der Waals surface area contributed by atoms with Crippen LogP contribution in [-0.4, -0.2) is 17.0 Å². The number of carbonyl (C=O) groups excluding carboxylic acids is 1. The summed E-state index contributed by atoms with van der Waals surface area (Å²) in [6, 6.07) is 6.28. The first-order chi connectivity index (χ1) is 8.97. The summed E-state index contributed by atoms with van der Waals surface area (Å²) in [6.45, 7) is 0. The third-order valence-corrected chi connectivity index (χ3v) is 4.29. The van der Waals surface area contributed by atoms with Crippen LogP contribution in [0.2, 0.25) is 0 Å². The van der Waals surface area contributed by atoms with Gasteiger partial charge in [-0.1, -0.05) is 15.9 Å². The van der Waals surface area contributed by atoms with Crippen molar-refractivity contribution in [3.05, 3.63) is 49.0 Å². The van der Waals surface area contributed by atoms with Crippen LogP contribution in [0, 0.1) is 0 Å². The van der Waals surface area contributed by atoms with Crippen molar-refractivity contribution in [1.29, 1.82) is 0 Å². The normalized spacial score (nSPS) is 10.2. The summed E-state index contributed by atoms with van der Waals surface area (Å²) in [5, 5.41) is 13.4. The Hall–Kier alpha value is -1.18. The van der Waals surface area contributed by atoms with E-state index in [4.69, 9.17) is 5.11 Å². The van der Waals surface area contributed by atoms with Crippen molar-refractivity contribution >= 4 is 60.8 Å². The van der Waals surface area contributed by atoms with E-state index in [0.717, 1.165) is 3.79 Å². The predicted molar refractivity (Wildman–Crippen MR) is 81.1 cm³/mol. The fourth-order valence-electron chi connectivity index (χ4n) is 1.43. The molecule has 0 unspecified atom stereocenters. The summed E-state index contributed by atoms with van der Waals surface area (Å²) >= 11 is 7.91. The molecule has 98 valence electrons. The number of halogens is 2. The van der Waals surface area contributed by atoms with Gasteiger partial charge in [0.15, 0.2) is 0 Å². The third kappa shape index (κ3) is 3.43. The van der Waals surface area contributed by atoms with E-state index in [9.17, 15) is 9.59 Å². The Morgan fingerprint density at radius 3 is 2.53 bits per heavy atom. The Morgan fingerprint density at radius 1 is 1.21 bits per heavy atom. The quantitative estimate of drug-likeness (QED) is 0.804. The van der Waals surface area contributed by atoms with Crippen LogP contribution in [0.15, 0.2) is 37.9 Å². The minimum Gasteiger partial charge on any atom is -0.478 e. The lowest BCUT2D eigenvalue weighted by Crippen LogP contribution is -2.14. The van der Waals surface area contributed by atoms with Gasteiger partial charge in [0, 0.05) is 9.85 Å². The summed E-state index contributed by atoms with van der Waals surface area (Å²) in [5.74, 6) is -1.43. The number of benzene rings is 1. The molecule has 1 heterocycles. The average molecular weight is 405 g/mol. The van der Waals surface area contributed by atoms with Crippen LogP contribution in [0.5, 0.6) is 0 Å². The molecular formula is C12H7Br2NO3S. The highest BCUT2D eigenvalue weighted by molar-refractivity contribution is 9.11. The van der Waals surface area contributed by atoms with Crippen molar-refractivity contribution < 1.29 is 14.7 Å². The molecule has 19 heavy (non-hydrogen) atoms. The monoisotopic (exact) mass is 403 g/mol. The summed E-state index contributed by atoms with van der Waals surface area (Å²) < 4.78 is 1.53. The number of hydrogen-bond acceptors (Lipinski definition) is 3. The Morgan fingerprint density at radius 2 is 1.95 bits per heavy atom. The molecule has 2 aromatic rings. The Kier molecular flexibility index (Phi) is 4.38. The van der Waals surface area contributed by atoms with Gasteiger partial charge in [-0.2, -0.15) is 0 Å². The number of anilines is 1. The number of carbonyl (C=O) groups is 2. The van der Waals surface area contributed by atoms with Gasteiger partial charge in [0.2, 0.25) is 0 Å². The second kappa shape index (κ2) is 5.85. The molecule has 0 radical (unpaired) electrons. The number of hydrogen-bond donors (Lipinski definition) is 2. The molecule has 7 heteroatoms. The molecule has 2 N–H and O–H groups in total. The van der Waals surface area contributed by atoms with Gasteiger partial charge in [0.25, 0.3) is 5.91 Å². The highest BCUT2D eigenvalue weighted by Gasteiger charge is 2.14. The van der Waals surface area contributed by atoms with Crippen LogP contribution in [0.25, 0.3) is 0 Å². The van der Waals surface area contributed by atoms with Crippen molar-refractivity contribution in [3.8, 4) is 0 Å². The van der Waals surface area contributed by atoms with Crippen molar-refractivity contribution in [2.24, 2.45) is 0 Å². The van der Waals surface area contributed by atoms with Crippen molar-refractivity contribution in [3.63, 3.8) is 0 Å². The fraction of sp³-hybridized carbons (Fsp3) is 0. The molecule has 0 fully saturated rings. The zero-order chi connectivity index (χ0) is 14.0. The van der Waals surface area contributed by atoms with E-state index in [1.165, 1.54) is 17.4 Å². The van der Waals surface area contributed by atoms with E-state index in [2.05, 4.69) is 37.2 Å². The molecule has 1 aromatic heterocycles. The van der Waals surface area contributed by atoms with Gasteiger partial charge in [-0.3, -0.25) is 4.79 Å². The van der Waals surface area contributed by atoms with Gasteiger partial charge in [-0.25, -0.2) is 4.79 Å². The predicted octanol–water partition coefficient (Wildman–Crippen LogP) is 4.22. The van der Waals surface area contributed by atoms with Gasteiger partial charge in [0.1, 0.15) is 0 Å². The van der Waals surface area contributed by atoms with Gasteiger partial charge in [0.05, 0.1) is 20.6 Å². The second-order valence-corrected chi connectivity index (χ2v) is 6.79. The molecule has 0 saturated heterocycles. The molecule has 0 atom stereocenters. The first kappa shape index (κ1) is 14.2. The first-order valence-corrected chi connectivity index (χ1v) is 7.52. The largest absolute Gasteiger partial charge is 0.478 e. The number of carboxylic acids is 1. The lowest BCUT2D eigenvalue weighted by Gasteiger charge is -2.08. The van der Waals surface area contributed by atoms with Crippen LogP contribution in [0.4, 0.5) is 5.69 Å². The molecule has 1 aromatic carbocycles. The molecule has 1 amide bonds. The van der Waals surface area contributed by atoms with Gasteiger partial charge in [-0.15, -0.1) is 11.3 Å². The lowest BCUT2D eigenvalue weighted by molar-refractivity contribution is 0.0698. The number of amides is 1. The lowest BCUT2D eigenvalue weighted by atomic mass is 10.1. The molecule has 0 aliphatic rings. The van der Waals surface area contributed by atoms with E-state index in [1.807, 2.05) is 0 Å². The highest BCUT2D eigenvalue weighted by atomic mass is 79.9. The summed E-state index contributed by atoms with van der Waals surface area (Å²) in [4.78, 5) is 23.1. The van der Waals surface area contributed by atoms with Crippen LogP contribution in [-0.2, 0) is 0 Å².